The van der Waals surface area contributed by atoms with Crippen molar-refractivity contribution in [1.82, 2.24) is 0 Å². The number of rotatable bonds is 12. The van der Waals surface area contributed by atoms with Crippen LogP contribution in [0.5, 0.6) is 184 Å². The normalized spacial score (nSPS) is 20.0. The van der Waals surface area contributed by atoms with E-state index in [1.165, 1.54) is 170 Å². The fourth-order valence-corrected chi connectivity index (χ4v) is 15.8. The molecule has 0 bridgehead atoms. The van der Waals surface area contributed by atoms with Crippen LogP contribution in [0.25, 0.3) is 0 Å². The molecule has 26 N–H and O–H groups in total. The molecule has 0 saturated heterocycles. The van der Waals surface area contributed by atoms with Crippen molar-refractivity contribution in [3.63, 3.8) is 0 Å². The number of hydrogen-bond donors (Lipinski definition) is 26. The lowest BCUT2D eigenvalue weighted by molar-refractivity contribution is 0.0195. The van der Waals surface area contributed by atoms with Crippen LogP contribution in [0, 0.1) is 0 Å². The van der Waals surface area contributed by atoms with Crippen LogP contribution < -0.4 is 56.8 Å². The Kier molecular flexibility index (Phi) is 28.6. The molecule has 38 heteroatoms. The number of hydrogen-bond acceptors (Lipinski definition) is 38. The Labute approximate surface area is 761 Å². The standard InChI is InChI=1S/2C16H16O7.4C16H16O6/c1-22-8-4-10(17)9-6-13(20)16(23-14(9)5-8)7-2-11(18)15(21)12(19)3-7;1-22-13-4-8(17)5-14-9(13)6-12(20)16(23-14)7-2-10(18)15(21)11(19)3-7;2*1-21-9-5-12(18)10-7-14(20)16(22-15(10)6-9)8-2-3-11(17)13(19)4-8;2*1-21-14-5-9(17)6-15-10(14)7-13(20)16(22-15)8-2-3-11(18)12(19)4-8/h2-5,13,16-21H,6H2,1H3;2-5,12,16-21H,6H2,1H3;2*2-6,14,16-20H,7H2,1H3;2*2-6,13,16-20H,7H2,1H3/t13-,16-;12-,16-;14-,16+;14-,16-;13-,16+;13-,16-/m110101/s1. The van der Waals surface area contributed by atoms with Crippen LogP contribution in [0.1, 0.15) is 103 Å². The van der Waals surface area contributed by atoms with Gasteiger partial charge in [-0.1, -0.05) is 24.3 Å². The molecule has 0 radical (unpaired) electrons. The zero-order valence-corrected chi connectivity index (χ0v) is 71.9. The van der Waals surface area contributed by atoms with Crippen molar-refractivity contribution in [3.05, 3.63) is 237 Å². The minimum Gasteiger partial charge on any atom is -0.508 e. The molecule has 0 fully saturated rings. The number of phenols is 20. The molecular weight excluding hydrogens is 1760 g/mol. The van der Waals surface area contributed by atoms with Gasteiger partial charge in [-0.15, -0.1) is 0 Å². The van der Waals surface area contributed by atoms with Crippen LogP contribution in [0.4, 0.5) is 0 Å². The number of aromatic hydroxyl groups is 20. The van der Waals surface area contributed by atoms with Gasteiger partial charge in [0.1, 0.15) is 128 Å². The Morgan fingerprint density at radius 1 is 0.194 bits per heavy atom. The second kappa shape index (κ2) is 40.2. The zero-order valence-electron chi connectivity index (χ0n) is 71.9. The second-order valence-corrected chi connectivity index (χ2v) is 31.4. The highest BCUT2D eigenvalue weighted by molar-refractivity contribution is 5.61. The van der Waals surface area contributed by atoms with E-state index in [0.29, 0.717) is 136 Å². The highest BCUT2D eigenvalue weighted by Crippen LogP contribution is 2.52. The van der Waals surface area contributed by atoms with Crippen LogP contribution >= 0.6 is 0 Å². The summed E-state index contributed by atoms with van der Waals surface area (Å²) < 4.78 is 65.3. The maximum atomic E-state index is 10.3. The summed E-state index contributed by atoms with van der Waals surface area (Å²) in [6, 6.07) is 39.6. The van der Waals surface area contributed by atoms with Crippen molar-refractivity contribution >= 4 is 0 Å². The molecule has 134 heavy (non-hydrogen) atoms. The molecule has 38 nitrogen and oxygen atoms in total. The van der Waals surface area contributed by atoms with Crippen molar-refractivity contribution in [3.8, 4) is 184 Å². The van der Waals surface area contributed by atoms with Gasteiger partial charge in [-0.05, 0) is 95.1 Å². The highest BCUT2D eigenvalue weighted by atomic mass is 16.5. The van der Waals surface area contributed by atoms with Crippen molar-refractivity contribution in [2.24, 2.45) is 0 Å². The third kappa shape index (κ3) is 20.7. The topological polar surface area (TPSA) is 637 Å². The predicted octanol–water partition coefficient (Wildman–Crippen LogP) is 10.5. The molecule has 12 atom stereocenters. The molecule has 0 saturated carbocycles. The lowest BCUT2D eigenvalue weighted by Gasteiger charge is -2.32. The van der Waals surface area contributed by atoms with E-state index < -0.39 is 108 Å². The zero-order chi connectivity index (χ0) is 96.9. The van der Waals surface area contributed by atoms with Gasteiger partial charge in [-0.3, -0.25) is 0 Å². The molecule has 708 valence electrons. The molecule has 6 heterocycles. The Morgan fingerprint density at radius 2 is 0.388 bits per heavy atom. The summed E-state index contributed by atoms with van der Waals surface area (Å²) in [5.74, 6) is -0.644. The van der Waals surface area contributed by atoms with E-state index in [4.69, 9.17) is 56.8 Å². The Balaban J connectivity index is 0.000000136. The number of phenolic OH excluding ortho intramolecular Hbond substituents is 20. The first-order valence-electron chi connectivity index (χ1n) is 40.8. The maximum Gasteiger partial charge on any atom is 0.200 e. The van der Waals surface area contributed by atoms with Crippen molar-refractivity contribution in [2.75, 3.05) is 42.7 Å². The van der Waals surface area contributed by atoms with Crippen LogP contribution in [0.3, 0.4) is 0 Å². The number of ether oxygens (including phenoxy) is 12. The van der Waals surface area contributed by atoms with E-state index in [2.05, 4.69) is 0 Å². The van der Waals surface area contributed by atoms with E-state index in [1.807, 2.05) is 0 Å². The quantitative estimate of drug-likeness (QED) is 0.0505. The first kappa shape index (κ1) is 95.6. The number of benzene rings is 12. The average Bonchev–Trinajstić information content (AvgIpc) is 1.51. The lowest BCUT2D eigenvalue weighted by Crippen LogP contribution is -2.30. The summed E-state index contributed by atoms with van der Waals surface area (Å²) in [4.78, 5) is 0. The van der Waals surface area contributed by atoms with E-state index >= 15 is 0 Å². The van der Waals surface area contributed by atoms with Gasteiger partial charge in [0.05, 0.1) is 79.3 Å². The van der Waals surface area contributed by atoms with Crippen molar-refractivity contribution < 1.29 is 190 Å². The van der Waals surface area contributed by atoms with Gasteiger partial charge in [-0.25, -0.2) is 0 Å². The highest BCUT2D eigenvalue weighted by Gasteiger charge is 2.40. The van der Waals surface area contributed by atoms with Crippen LogP contribution in [0.2, 0.25) is 0 Å². The largest absolute Gasteiger partial charge is 0.508 e. The molecule has 12 aromatic carbocycles. The summed E-state index contributed by atoms with van der Waals surface area (Å²) in [6.45, 7) is 0. The Hall–Kier alpha value is -16.0. The van der Waals surface area contributed by atoms with Gasteiger partial charge < -0.3 is 190 Å². The summed E-state index contributed by atoms with van der Waals surface area (Å²) >= 11 is 0. The summed E-state index contributed by atoms with van der Waals surface area (Å²) in [7, 11) is 8.82. The van der Waals surface area contributed by atoms with E-state index in [0.717, 1.165) is 0 Å². The SMILES string of the molecule is COc1cc(O)c2c(c1)O[C@H](c1cc(O)c(O)c(O)c1)[C@H](O)C2.COc1cc(O)c2c(c1)O[C@H](c1ccc(O)c(O)c1)[C@@H](O)C2.COc1cc(O)c2c(c1)O[C@H](c1ccc(O)c(O)c1)[C@H](O)C2.COc1cc(O)cc2c1C[C@@H](O)[C@@H](c1cc(O)c(O)c(O)c1)O2.COc1cc(O)cc2c1C[C@@H](O)[C@@H](c1ccc(O)c(O)c1)O2.COc1cc(O)cc2c1C[C@H](O)[C@@H](c1ccc(O)c(O)c1)O2. The molecule has 0 unspecified atom stereocenters. The monoisotopic (exact) mass is 1860 g/mol. The molecule has 0 aliphatic carbocycles. The molecule has 6 aliphatic heterocycles. The van der Waals surface area contributed by atoms with Gasteiger partial charge in [0.25, 0.3) is 0 Å². The maximum absolute atomic E-state index is 10.3. The molecule has 0 amide bonds. The lowest BCUT2D eigenvalue weighted by atomic mass is 9.93. The third-order valence-electron chi connectivity index (χ3n) is 22.6. The smallest absolute Gasteiger partial charge is 0.200 e. The molecule has 12 aromatic rings. The van der Waals surface area contributed by atoms with E-state index in [1.54, 1.807) is 42.5 Å². The Bertz CT molecular complexity index is 5840. The second-order valence-electron chi connectivity index (χ2n) is 31.4. The Morgan fingerprint density at radius 3 is 0.590 bits per heavy atom. The molecule has 18 rings (SSSR count). The van der Waals surface area contributed by atoms with Gasteiger partial charge >= 0.3 is 0 Å². The van der Waals surface area contributed by atoms with Gasteiger partial charge in [-0.2, -0.15) is 0 Å². The van der Waals surface area contributed by atoms with Crippen molar-refractivity contribution in [1.29, 1.82) is 0 Å². The van der Waals surface area contributed by atoms with Crippen LogP contribution in [-0.4, -0.2) is 212 Å². The summed E-state index contributed by atoms with van der Waals surface area (Å²) in [5, 5.41) is 254. The van der Waals surface area contributed by atoms with Gasteiger partial charge in [0.2, 0.25) is 0 Å². The van der Waals surface area contributed by atoms with Crippen molar-refractivity contribution in [2.45, 2.75) is 112 Å². The molecule has 0 spiro atoms. The predicted molar refractivity (Wildman–Crippen MR) is 468 cm³/mol. The minimum atomic E-state index is -1.01. The van der Waals surface area contributed by atoms with Gasteiger partial charge in [0.15, 0.2) is 92.7 Å². The number of aliphatic hydroxyl groups excluding tert-OH is 6. The van der Waals surface area contributed by atoms with Crippen LogP contribution in [-0.2, 0) is 38.5 Å². The number of fused-ring (bicyclic) bond motifs is 6. The summed E-state index contributed by atoms with van der Waals surface area (Å²) in [6.07, 6.45) is -8.80. The number of methoxy groups -OCH3 is 6. The molecule has 6 aliphatic rings. The third-order valence-corrected chi connectivity index (χ3v) is 22.6. The minimum absolute atomic E-state index is 0.000373. The fourth-order valence-electron chi connectivity index (χ4n) is 15.8. The first-order valence-corrected chi connectivity index (χ1v) is 40.8. The first-order chi connectivity index (χ1) is 63.8. The fraction of sp³-hybridized carbons (Fsp3) is 0.250. The van der Waals surface area contributed by atoms with Crippen LogP contribution in [0.15, 0.2) is 170 Å². The summed E-state index contributed by atoms with van der Waals surface area (Å²) in [5.41, 5.74) is 6.09. The number of aliphatic hydroxyl groups is 6. The van der Waals surface area contributed by atoms with E-state index in [9.17, 15) is 133 Å². The van der Waals surface area contributed by atoms with E-state index in [-0.39, 0.29) is 119 Å². The molecule has 0 aromatic heterocycles. The average molecular weight is 1860 g/mol. The molecular formula is C96H96O38. The van der Waals surface area contributed by atoms with Gasteiger partial charge in [0, 0.05) is 156 Å².